The number of carbonyl (C=O) groups is 1. The lowest BCUT2D eigenvalue weighted by molar-refractivity contribution is -0.123. The molecule has 138 valence electrons. The van der Waals surface area contributed by atoms with Crippen LogP contribution >= 0.6 is 0 Å². The van der Waals surface area contributed by atoms with Gasteiger partial charge in [-0.15, -0.1) is 0 Å². The van der Waals surface area contributed by atoms with Crippen LogP contribution in [-0.2, 0) is 4.79 Å². The van der Waals surface area contributed by atoms with Crippen molar-refractivity contribution in [3.8, 4) is 28.6 Å². The molecule has 1 saturated carbocycles. The molecule has 0 unspecified atom stereocenters. The number of ether oxygens (including phenoxy) is 1. The molecule has 1 aromatic heterocycles. The minimum Gasteiger partial charge on any atom is -0.484 e. The third kappa shape index (κ3) is 4.34. The predicted molar refractivity (Wildman–Crippen MR) is 101 cm³/mol. The lowest BCUT2D eigenvalue weighted by atomic mass is 10.2. The summed E-state index contributed by atoms with van der Waals surface area (Å²) in [4.78, 5) is 16.4. The van der Waals surface area contributed by atoms with Crippen LogP contribution in [0.3, 0.4) is 0 Å². The molecule has 6 heteroatoms. The summed E-state index contributed by atoms with van der Waals surface area (Å²) in [6.07, 6.45) is 4.51. The summed E-state index contributed by atoms with van der Waals surface area (Å²) in [6, 6.07) is 17.2. The summed E-state index contributed by atoms with van der Waals surface area (Å²) < 4.78 is 10.9. The molecule has 1 N–H and O–H groups in total. The van der Waals surface area contributed by atoms with Crippen LogP contribution in [0.2, 0.25) is 0 Å². The maximum Gasteiger partial charge on any atom is 0.258 e. The number of nitrogens with one attached hydrogen (secondary N) is 1. The second-order valence-electron chi connectivity index (χ2n) is 6.65. The highest BCUT2D eigenvalue weighted by atomic mass is 16.5. The van der Waals surface area contributed by atoms with Crippen molar-refractivity contribution in [1.29, 1.82) is 0 Å². The van der Waals surface area contributed by atoms with Gasteiger partial charge in [0.05, 0.1) is 0 Å². The van der Waals surface area contributed by atoms with E-state index in [0.29, 0.717) is 23.5 Å². The molecule has 0 aliphatic heterocycles. The van der Waals surface area contributed by atoms with Gasteiger partial charge in [0, 0.05) is 17.2 Å². The minimum atomic E-state index is -0.0737. The second-order valence-corrected chi connectivity index (χ2v) is 6.65. The molecule has 1 heterocycles. The van der Waals surface area contributed by atoms with Gasteiger partial charge in [0.2, 0.25) is 5.82 Å². The SMILES string of the molecule is O=C(COc1ccc(-c2nc(-c3ccccc3)no2)cc1)NC1CCCC1. The van der Waals surface area contributed by atoms with E-state index in [4.69, 9.17) is 9.26 Å². The van der Waals surface area contributed by atoms with E-state index in [1.54, 1.807) is 12.1 Å². The van der Waals surface area contributed by atoms with Gasteiger partial charge in [-0.25, -0.2) is 0 Å². The Morgan fingerprint density at radius 2 is 1.78 bits per heavy atom. The molecule has 2 aromatic carbocycles. The molecule has 1 aliphatic carbocycles. The zero-order chi connectivity index (χ0) is 18.5. The van der Waals surface area contributed by atoms with Crippen molar-refractivity contribution in [3.63, 3.8) is 0 Å². The lowest BCUT2D eigenvalue weighted by Gasteiger charge is -2.12. The van der Waals surface area contributed by atoms with Crippen LogP contribution in [0.15, 0.2) is 59.1 Å². The van der Waals surface area contributed by atoms with Gasteiger partial charge in [0.15, 0.2) is 6.61 Å². The van der Waals surface area contributed by atoms with Gasteiger partial charge in [-0.2, -0.15) is 4.98 Å². The molecule has 3 aromatic rings. The van der Waals surface area contributed by atoms with Crippen molar-refractivity contribution in [1.82, 2.24) is 15.5 Å². The van der Waals surface area contributed by atoms with Crippen molar-refractivity contribution in [2.75, 3.05) is 6.61 Å². The van der Waals surface area contributed by atoms with Gasteiger partial charge >= 0.3 is 0 Å². The van der Waals surface area contributed by atoms with Crippen molar-refractivity contribution in [2.24, 2.45) is 0 Å². The Hall–Kier alpha value is -3.15. The van der Waals surface area contributed by atoms with Crippen molar-refractivity contribution in [3.05, 3.63) is 54.6 Å². The highest BCUT2D eigenvalue weighted by Crippen LogP contribution is 2.24. The number of benzene rings is 2. The van der Waals surface area contributed by atoms with Gasteiger partial charge in [0.25, 0.3) is 11.8 Å². The topological polar surface area (TPSA) is 77.2 Å². The Morgan fingerprint density at radius 3 is 2.52 bits per heavy atom. The Balaban J connectivity index is 1.35. The number of rotatable bonds is 6. The Morgan fingerprint density at radius 1 is 1.04 bits per heavy atom. The number of hydrogen-bond donors (Lipinski definition) is 1. The van der Waals surface area contributed by atoms with E-state index in [0.717, 1.165) is 24.0 Å². The molecule has 0 radical (unpaired) electrons. The quantitative estimate of drug-likeness (QED) is 0.720. The summed E-state index contributed by atoms with van der Waals surface area (Å²) in [6.45, 7) is 0.0224. The molecular weight excluding hydrogens is 342 g/mol. The Bertz CT molecular complexity index is 885. The molecular formula is C21H21N3O3. The van der Waals surface area contributed by atoms with E-state index in [2.05, 4.69) is 15.5 Å². The van der Waals surface area contributed by atoms with Crippen LogP contribution in [0.1, 0.15) is 25.7 Å². The summed E-state index contributed by atoms with van der Waals surface area (Å²) in [5.41, 5.74) is 1.70. The molecule has 0 spiro atoms. The average molecular weight is 363 g/mol. The first-order valence-electron chi connectivity index (χ1n) is 9.20. The number of amides is 1. The third-order valence-electron chi connectivity index (χ3n) is 4.65. The molecule has 1 amide bonds. The maximum absolute atomic E-state index is 11.9. The third-order valence-corrected chi connectivity index (χ3v) is 4.65. The Labute approximate surface area is 157 Å². The summed E-state index contributed by atoms with van der Waals surface area (Å²) in [7, 11) is 0. The molecule has 1 aliphatic rings. The zero-order valence-electron chi connectivity index (χ0n) is 14.9. The largest absolute Gasteiger partial charge is 0.484 e. The van der Waals surface area contributed by atoms with Gasteiger partial charge in [-0.05, 0) is 37.1 Å². The van der Waals surface area contributed by atoms with Crippen LogP contribution in [0, 0.1) is 0 Å². The molecule has 1 fully saturated rings. The van der Waals surface area contributed by atoms with Gasteiger partial charge < -0.3 is 14.6 Å². The normalized spacial score (nSPS) is 14.2. The Kier molecular flexibility index (Phi) is 5.14. The van der Waals surface area contributed by atoms with E-state index in [1.807, 2.05) is 42.5 Å². The summed E-state index contributed by atoms with van der Waals surface area (Å²) in [5.74, 6) is 1.55. The van der Waals surface area contributed by atoms with Crippen LogP contribution in [0.25, 0.3) is 22.8 Å². The van der Waals surface area contributed by atoms with Crippen LogP contribution in [-0.4, -0.2) is 28.7 Å². The standard InChI is InChI=1S/C21H21N3O3/c25-19(22-17-8-4-5-9-17)14-26-18-12-10-16(11-13-18)21-23-20(24-27-21)15-6-2-1-3-7-15/h1-3,6-7,10-13,17H,4-5,8-9,14H2,(H,22,25). The van der Waals surface area contributed by atoms with E-state index < -0.39 is 0 Å². The molecule has 6 nitrogen and oxygen atoms in total. The number of hydrogen-bond acceptors (Lipinski definition) is 5. The monoisotopic (exact) mass is 363 g/mol. The molecule has 27 heavy (non-hydrogen) atoms. The highest BCUT2D eigenvalue weighted by molar-refractivity contribution is 5.77. The molecule has 0 saturated heterocycles. The van der Waals surface area contributed by atoms with Gasteiger partial charge in [-0.1, -0.05) is 48.3 Å². The smallest absolute Gasteiger partial charge is 0.258 e. The fraction of sp³-hybridized carbons (Fsp3) is 0.286. The van der Waals surface area contributed by atoms with Crippen LogP contribution in [0.4, 0.5) is 0 Å². The van der Waals surface area contributed by atoms with E-state index in [9.17, 15) is 4.79 Å². The second kappa shape index (κ2) is 8.03. The van der Waals surface area contributed by atoms with E-state index in [-0.39, 0.29) is 12.5 Å². The number of nitrogens with zero attached hydrogens (tertiary/aromatic N) is 2. The summed E-state index contributed by atoms with van der Waals surface area (Å²) in [5, 5.41) is 7.03. The molecule has 4 rings (SSSR count). The fourth-order valence-electron chi connectivity index (χ4n) is 3.23. The first-order valence-corrected chi connectivity index (χ1v) is 9.20. The van der Waals surface area contributed by atoms with E-state index >= 15 is 0 Å². The maximum atomic E-state index is 11.9. The van der Waals surface area contributed by atoms with Gasteiger partial charge in [0.1, 0.15) is 5.75 Å². The van der Waals surface area contributed by atoms with Crippen molar-refractivity contribution >= 4 is 5.91 Å². The van der Waals surface area contributed by atoms with E-state index in [1.165, 1.54) is 12.8 Å². The van der Waals surface area contributed by atoms with Crippen molar-refractivity contribution in [2.45, 2.75) is 31.7 Å². The van der Waals surface area contributed by atoms with Gasteiger partial charge in [-0.3, -0.25) is 4.79 Å². The van der Waals surface area contributed by atoms with Crippen LogP contribution in [0.5, 0.6) is 5.75 Å². The summed E-state index contributed by atoms with van der Waals surface area (Å²) >= 11 is 0. The number of aromatic nitrogens is 2. The van der Waals surface area contributed by atoms with Crippen LogP contribution < -0.4 is 10.1 Å². The fourth-order valence-corrected chi connectivity index (χ4v) is 3.23. The highest BCUT2D eigenvalue weighted by Gasteiger charge is 2.17. The molecule has 0 bridgehead atoms. The number of carbonyl (C=O) groups excluding carboxylic acids is 1. The zero-order valence-corrected chi connectivity index (χ0v) is 14.9. The first-order chi connectivity index (χ1) is 13.3. The first kappa shape index (κ1) is 17.3. The minimum absolute atomic E-state index is 0.0224. The predicted octanol–water partition coefficient (Wildman–Crippen LogP) is 3.84. The lowest BCUT2D eigenvalue weighted by Crippen LogP contribution is -2.36. The molecule has 0 atom stereocenters. The van der Waals surface area contributed by atoms with Crippen molar-refractivity contribution < 1.29 is 14.1 Å². The average Bonchev–Trinajstić information content (AvgIpc) is 3.40.